The van der Waals surface area contributed by atoms with E-state index in [-0.39, 0.29) is 12.3 Å². The van der Waals surface area contributed by atoms with Crippen LogP contribution in [0, 0.1) is 5.82 Å². The molecule has 0 heterocycles. The van der Waals surface area contributed by atoms with Crippen LogP contribution in [0.5, 0.6) is 11.5 Å². The number of phenolic OH excluding ortho intramolecular Hbond substituents is 1. The smallest absolute Gasteiger partial charge is 0.235 e. The van der Waals surface area contributed by atoms with Crippen molar-refractivity contribution in [3.05, 3.63) is 23.5 Å². The predicted octanol–water partition coefficient (Wildman–Crippen LogP) is 1.38. The molecular weight excluding hydrogens is 189 g/mol. The van der Waals surface area contributed by atoms with Crippen LogP contribution in [0.1, 0.15) is 5.56 Å². The first kappa shape index (κ1) is 10.2. The molecule has 1 aromatic carbocycles. The second kappa shape index (κ2) is 4.39. The van der Waals surface area contributed by atoms with Crippen molar-refractivity contribution in [3.63, 3.8) is 0 Å². The Bertz CT molecular complexity index is 386. The standard InChI is InChI=1S/C9H8FNO3/c1-14-9-6(4-11-5-12)2-3-7(13)8(9)10/h2-3,13H,4H2,1H3. The highest BCUT2D eigenvalue weighted by atomic mass is 19.1. The number of ether oxygens (including phenoxy) is 1. The van der Waals surface area contributed by atoms with Gasteiger partial charge < -0.3 is 9.84 Å². The zero-order valence-corrected chi connectivity index (χ0v) is 7.45. The maximum Gasteiger partial charge on any atom is 0.235 e. The highest BCUT2D eigenvalue weighted by Crippen LogP contribution is 2.29. The molecule has 4 nitrogen and oxygen atoms in total. The zero-order chi connectivity index (χ0) is 10.6. The minimum atomic E-state index is -0.855. The summed E-state index contributed by atoms with van der Waals surface area (Å²) in [6.45, 7) is -0.0239. The lowest BCUT2D eigenvalue weighted by atomic mass is 10.2. The number of nitrogens with zero attached hydrogens (tertiary/aromatic N) is 1. The number of aliphatic imine (C=N–C) groups is 1. The molecule has 1 rings (SSSR count). The Morgan fingerprint density at radius 3 is 2.93 bits per heavy atom. The number of hydrogen-bond donors (Lipinski definition) is 1. The van der Waals surface area contributed by atoms with Crippen molar-refractivity contribution in [1.29, 1.82) is 0 Å². The molecule has 0 spiro atoms. The SMILES string of the molecule is COc1c(CN=C=O)ccc(O)c1F. The number of hydrogen-bond acceptors (Lipinski definition) is 4. The Kier molecular flexibility index (Phi) is 3.20. The van der Waals surface area contributed by atoms with E-state index in [0.29, 0.717) is 5.56 Å². The van der Waals surface area contributed by atoms with E-state index in [0.717, 1.165) is 0 Å². The van der Waals surface area contributed by atoms with E-state index >= 15 is 0 Å². The van der Waals surface area contributed by atoms with Crippen LogP contribution < -0.4 is 4.74 Å². The van der Waals surface area contributed by atoms with Gasteiger partial charge in [-0.3, -0.25) is 0 Å². The van der Waals surface area contributed by atoms with E-state index in [4.69, 9.17) is 9.84 Å². The normalized spacial score (nSPS) is 9.29. The van der Waals surface area contributed by atoms with Gasteiger partial charge >= 0.3 is 0 Å². The third-order valence-corrected chi connectivity index (χ3v) is 1.68. The lowest BCUT2D eigenvalue weighted by molar-refractivity contribution is 0.360. The van der Waals surface area contributed by atoms with E-state index in [1.54, 1.807) is 0 Å². The number of phenols is 1. The third kappa shape index (κ3) is 1.89. The van der Waals surface area contributed by atoms with E-state index in [1.165, 1.54) is 25.3 Å². The Morgan fingerprint density at radius 1 is 1.64 bits per heavy atom. The molecule has 0 aliphatic rings. The molecule has 14 heavy (non-hydrogen) atoms. The highest BCUT2D eigenvalue weighted by molar-refractivity contribution is 5.43. The summed E-state index contributed by atoms with van der Waals surface area (Å²) in [5, 5.41) is 9.02. The van der Waals surface area contributed by atoms with Crippen molar-refractivity contribution in [3.8, 4) is 11.5 Å². The Morgan fingerprint density at radius 2 is 2.36 bits per heavy atom. The summed E-state index contributed by atoms with van der Waals surface area (Å²) >= 11 is 0. The number of methoxy groups -OCH3 is 1. The number of aromatic hydroxyl groups is 1. The fraction of sp³-hybridized carbons (Fsp3) is 0.222. The summed E-state index contributed by atoms with van der Waals surface area (Å²) in [6, 6.07) is 2.60. The molecule has 0 atom stereocenters. The van der Waals surface area contributed by atoms with E-state index < -0.39 is 11.6 Å². The largest absolute Gasteiger partial charge is 0.505 e. The van der Waals surface area contributed by atoms with E-state index in [9.17, 15) is 9.18 Å². The molecule has 74 valence electrons. The van der Waals surface area contributed by atoms with Crippen LogP contribution in [0.3, 0.4) is 0 Å². The van der Waals surface area contributed by atoms with Crippen molar-refractivity contribution >= 4 is 6.08 Å². The van der Waals surface area contributed by atoms with Crippen LogP contribution in [-0.4, -0.2) is 18.3 Å². The predicted molar refractivity (Wildman–Crippen MR) is 46.4 cm³/mol. The van der Waals surface area contributed by atoms with Crippen molar-refractivity contribution in [2.24, 2.45) is 4.99 Å². The summed E-state index contributed by atoms with van der Waals surface area (Å²) in [4.78, 5) is 13.1. The van der Waals surface area contributed by atoms with Crippen LogP contribution in [0.2, 0.25) is 0 Å². The third-order valence-electron chi connectivity index (χ3n) is 1.68. The second-order valence-electron chi connectivity index (χ2n) is 2.50. The van der Waals surface area contributed by atoms with Gasteiger partial charge in [-0.2, -0.15) is 4.39 Å². The molecule has 0 bridgehead atoms. The lowest BCUT2D eigenvalue weighted by Gasteiger charge is -2.07. The Hall–Kier alpha value is -1.87. The lowest BCUT2D eigenvalue weighted by Crippen LogP contribution is -1.94. The van der Waals surface area contributed by atoms with E-state index in [2.05, 4.69) is 4.99 Å². The molecule has 0 radical (unpaired) electrons. The second-order valence-corrected chi connectivity index (χ2v) is 2.50. The molecule has 0 aliphatic heterocycles. The van der Waals surface area contributed by atoms with Crippen molar-refractivity contribution < 1.29 is 19.0 Å². The summed E-state index contributed by atoms with van der Waals surface area (Å²) in [6.07, 6.45) is 1.34. The van der Waals surface area contributed by atoms with Gasteiger partial charge in [0, 0.05) is 5.56 Å². The maximum atomic E-state index is 13.2. The molecule has 0 unspecified atom stereocenters. The quantitative estimate of drug-likeness (QED) is 0.588. The average molecular weight is 197 g/mol. The van der Waals surface area contributed by atoms with Crippen LogP contribution in [0.4, 0.5) is 4.39 Å². The molecule has 1 aromatic rings. The monoisotopic (exact) mass is 197 g/mol. The number of rotatable bonds is 3. The summed E-state index contributed by atoms with van der Waals surface area (Å²) < 4.78 is 17.9. The van der Waals surface area contributed by atoms with Gasteiger partial charge in [0.15, 0.2) is 11.5 Å². The minimum Gasteiger partial charge on any atom is -0.505 e. The molecule has 5 heteroatoms. The fourth-order valence-corrected chi connectivity index (χ4v) is 1.05. The van der Waals surface area contributed by atoms with Crippen LogP contribution in [0.25, 0.3) is 0 Å². The van der Waals surface area contributed by atoms with Gasteiger partial charge in [-0.15, -0.1) is 0 Å². The number of benzene rings is 1. The number of isocyanates is 1. The van der Waals surface area contributed by atoms with Crippen LogP contribution in [-0.2, 0) is 11.3 Å². The highest BCUT2D eigenvalue weighted by Gasteiger charge is 2.12. The van der Waals surface area contributed by atoms with Crippen molar-refractivity contribution in [2.75, 3.05) is 7.11 Å². The zero-order valence-electron chi connectivity index (χ0n) is 7.45. The van der Waals surface area contributed by atoms with Crippen LogP contribution in [0.15, 0.2) is 17.1 Å². The van der Waals surface area contributed by atoms with Gasteiger partial charge in [0.25, 0.3) is 0 Å². The van der Waals surface area contributed by atoms with Gasteiger partial charge in [0.1, 0.15) is 0 Å². The van der Waals surface area contributed by atoms with Gasteiger partial charge in [0.2, 0.25) is 11.9 Å². The minimum absolute atomic E-state index is 0.0239. The van der Waals surface area contributed by atoms with Gasteiger partial charge in [0.05, 0.1) is 13.7 Å². The molecule has 0 saturated heterocycles. The van der Waals surface area contributed by atoms with E-state index in [1.807, 2.05) is 0 Å². The van der Waals surface area contributed by atoms with Crippen molar-refractivity contribution in [1.82, 2.24) is 0 Å². The Balaban J connectivity index is 3.16. The summed E-state index contributed by atoms with van der Waals surface area (Å²) in [7, 11) is 1.27. The van der Waals surface area contributed by atoms with Crippen LogP contribution >= 0.6 is 0 Å². The topological polar surface area (TPSA) is 58.9 Å². The van der Waals surface area contributed by atoms with Gasteiger partial charge in [-0.25, -0.2) is 9.79 Å². The molecule has 1 N–H and O–H groups in total. The van der Waals surface area contributed by atoms with Crippen molar-refractivity contribution in [2.45, 2.75) is 6.54 Å². The molecule has 0 saturated carbocycles. The summed E-state index contributed by atoms with van der Waals surface area (Å²) in [5.74, 6) is -1.46. The first-order valence-corrected chi connectivity index (χ1v) is 3.78. The molecule has 0 aliphatic carbocycles. The first-order valence-electron chi connectivity index (χ1n) is 3.78. The first-order chi connectivity index (χ1) is 6.70. The molecule has 0 fully saturated rings. The number of carbonyl (C=O) groups excluding carboxylic acids is 1. The molecule has 0 amide bonds. The fourth-order valence-electron chi connectivity index (χ4n) is 1.05. The molecule has 0 aromatic heterocycles. The summed E-state index contributed by atoms with van der Waals surface area (Å²) in [5.41, 5.74) is 0.381. The molecular formula is C9H8FNO3. The maximum absolute atomic E-state index is 13.2. The van der Waals surface area contributed by atoms with Gasteiger partial charge in [-0.1, -0.05) is 0 Å². The Labute approximate surface area is 79.7 Å². The van der Waals surface area contributed by atoms with Gasteiger partial charge in [-0.05, 0) is 12.1 Å². The number of halogens is 1. The average Bonchev–Trinajstić information content (AvgIpc) is 2.20.